The number of hydrogen-bond acceptors (Lipinski definition) is 4. The second-order valence-electron chi connectivity index (χ2n) is 6.33. The Hall–Kier alpha value is -2.47. The van der Waals surface area contributed by atoms with E-state index in [2.05, 4.69) is 15.2 Å². The van der Waals surface area contributed by atoms with E-state index in [-0.39, 0.29) is 18.1 Å². The number of nitrogens with one attached hydrogen (secondary N) is 1. The van der Waals surface area contributed by atoms with Crippen LogP contribution in [0.3, 0.4) is 0 Å². The fourth-order valence-electron chi connectivity index (χ4n) is 3.03. The van der Waals surface area contributed by atoms with Gasteiger partial charge in [-0.2, -0.15) is 4.39 Å². The first-order valence-corrected chi connectivity index (χ1v) is 8.50. The van der Waals surface area contributed by atoms with Crippen molar-refractivity contribution in [2.75, 3.05) is 24.6 Å². The zero-order valence-corrected chi connectivity index (χ0v) is 14.0. The molecule has 1 aliphatic rings. The van der Waals surface area contributed by atoms with Crippen LogP contribution in [0.5, 0.6) is 0 Å². The first-order chi connectivity index (χ1) is 12.2. The van der Waals surface area contributed by atoms with Crippen LogP contribution in [-0.4, -0.2) is 35.7 Å². The molecule has 0 unspecified atom stereocenters. The quantitative estimate of drug-likeness (QED) is 0.818. The Morgan fingerprint density at radius 2 is 1.96 bits per heavy atom. The number of aliphatic hydroxyl groups excluding tert-OH is 1. The molecule has 5 nitrogen and oxygen atoms in total. The van der Waals surface area contributed by atoms with E-state index in [1.54, 1.807) is 0 Å². The second kappa shape index (κ2) is 8.07. The van der Waals surface area contributed by atoms with Crippen molar-refractivity contribution in [1.82, 2.24) is 10.3 Å². The van der Waals surface area contributed by atoms with Crippen molar-refractivity contribution in [3.8, 4) is 0 Å². The van der Waals surface area contributed by atoms with E-state index in [0.717, 1.165) is 43.2 Å². The summed E-state index contributed by atoms with van der Waals surface area (Å²) < 4.78 is 13.0. The molecule has 1 fully saturated rings. The normalized spacial score (nSPS) is 15.2. The van der Waals surface area contributed by atoms with E-state index in [4.69, 9.17) is 0 Å². The van der Waals surface area contributed by atoms with Gasteiger partial charge in [-0.05, 0) is 42.5 Å². The van der Waals surface area contributed by atoms with Gasteiger partial charge in [0.2, 0.25) is 5.95 Å². The third-order valence-electron chi connectivity index (χ3n) is 4.62. The van der Waals surface area contributed by atoms with Crippen LogP contribution in [0, 0.1) is 11.9 Å². The number of anilines is 1. The Bertz CT molecular complexity index is 713. The van der Waals surface area contributed by atoms with Gasteiger partial charge in [-0.25, -0.2) is 4.98 Å². The number of amides is 1. The van der Waals surface area contributed by atoms with Gasteiger partial charge in [0, 0.05) is 49.8 Å². The summed E-state index contributed by atoms with van der Waals surface area (Å²) in [4.78, 5) is 17.8. The number of rotatable bonds is 5. The van der Waals surface area contributed by atoms with Gasteiger partial charge in [-0.15, -0.1) is 0 Å². The van der Waals surface area contributed by atoms with Crippen molar-refractivity contribution >= 4 is 11.6 Å². The van der Waals surface area contributed by atoms with Crippen LogP contribution < -0.4 is 10.2 Å². The van der Waals surface area contributed by atoms with Crippen LogP contribution >= 0.6 is 0 Å². The maximum atomic E-state index is 13.0. The second-order valence-corrected chi connectivity index (χ2v) is 6.33. The van der Waals surface area contributed by atoms with Gasteiger partial charge >= 0.3 is 0 Å². The molecule has 2 aromatic rings. The fraction of sp³-hybridized carbons (Fsp3) is 0.368. The topological polar surface area (TPSA) is 65.5 Å². The van der Waals surface area contributed by atoms with E-state index in [1.165, 1.54) is 12.3 Å². The van der Waals surface area contributed by atoms with Gasteiger partial charge in [0.15, 0.2) is 0 Å². The lowest BCUT2D eigenvalue weighted by Gasteiger charge is -2.33. The Kier molecular flexibility index (Phi) is 5.60. The number of hydrogen-bond donors (Lipinski definition) is 2. The molecule has 2 N–H and O–H groups in total. The summed E-state index contributed by atoms with van der Waals surface area (Å²) in [6.07, 6.45) is 3.30. The Labute approximate surface area is 146 Å². The molecule has 25 heavy (non-hydrogen) atoms. The van der Waals surface area contributed by atoms with Crippen molar-refractivity contribution in [2.45, 2.75) is 19.4 Å². The van der Waals surface area contributed by atoms with Gasteiger partial charge in [0.05, 0.1) is 0 Å². The molecule has 0 aliphatic carbocycles. The maximum absolute atomic E-state index is 13.0. The van der Waals surface area contributed by atoms with Gasteiger partial charge in [-0.1, -0.05) is 12.1 Å². The first-order valence-electron chi connectivity index (χ1n) is 8.50. The molecule has 0 spiro atoms. The van der Waals surface area contributed by atoms with Crippen LogP contribution in [-0.2, 0) is 6.54 Å². The third kappa shape index (κ3) is 4.54. The molecule has 132 valence electrons. The number of nitrogens with zero attached hydrogens (tertiary/aromatic N) is 2. The highest BCUT2D eigenvalue weighted by molar-refractivity contribution is 5.93. The number of benzene rings is 1. The standard InChI is InChI=1S/C19H22FN3O2/c20-18-11-16(5-8-21-18)19(25)22-12-14-1-3-17(4-2-14)23-9-6-15(13-24)7-10-23/h1-5,8,11,15,24H,6-7,9-10,12-13H2,(H,22,25). The summed E-state index contributed by atoms with van der Waals surface area (Å²) in [7, 11) is 0. The third-order valence-corrected chi connectivity index (χ3v) is 4.62. The lowest BCUT2D eigenvalue weighted by molar-refractivity contribution is 0.0950. The van der Waals surface area contributed by atoms with Crippen molar-refractivity contribution in [3.63, 3.8) is 0 Å². The highest BCUT2D eigenvalue weighted by Crippen LogP contribution is 2.23. The predicted octanol–water partition coefficient (Wildman–Crippen LogP) is 2.36. The van der Waals surface area contributed by atoms with Crippen LogP contribution in [0.15, 0.2) is 42.6 Å². The number of halogens is 1. The minimum absolute atomic E-state index is 0.260. The summed E-state index contributed by atoms with van der Waals surface area (Å²) in [6, 6.07) is 10.7. The smallest absolute Gasteiger partial charge is 0.251 e. The van der Waals surface area contributed by atoms with Crippen LogP contribution in [0.2, 0.25) is 0 Å². The Balaban J connectivity index is 1.53. The molecule has 0 bridgehead atoms. The van der Waals surface area contributed by atoms with E-state index >= 15 is 0 Å². The number of carbonyl (C=O) groups excluding carboxylic acids is 1. The zero-order chi connectivity index (χ0) is 17.6. The number of piperidine rings is 1. The molecule has 0 saturated carbocycles. The van der Waals surface area contributed by atoms with Crippen molar-refractivity contribution in [1.29, 1.82) is 0 Å². The van der Waals surface area contributed by atoms with Crippen molar-refractivity contribution in [2.24, 2.45) is 5.92 Å². The number of pyridine rings is 1. The van der Waals surface area contributed by atoms with Gasteiger partial charge < -0.3 is 15.3 Å². The Morgan fingerprint density at radius 1 is 1.24 bits per heavy atom. The molecular formula is C19H22FN3O2. The number of aliphatic hydroxyl groups is 1. The molecule has 2 heterocycles. The van der Waals surface area contributed by atoms with E-state index in [0.29, 0.717) is 12.5 Å². The maximum Gasteiger partial charge on any atom is 0.251 e. The lowest BCUT2D eigenvalue weighted by atomic mass is 9.97. The van der Waals surface area contributed by atoms with Gasteiger partial charge in [0.25, 0.3) is 5.91 Å². The van der Waals surface area contributed by atoms with E-state index in [1.807, 2.05) is 24.3 Å². The lowest BCUT2D eigenvalue weighted by Crippen LogP contribution is -2.34. The molecular weight excluding hydrogens is 321 g/mol. The average Bonchev–Trinajstić information content (AvgIpc) is 2.66. The minimum Gasteiger partial charge on any atom is -0.396 e. The number of aromatic nitrogens is 1. The highest BCUT2D eigenvalue weighted by atomic mass is 19.1. The number of carbonyl (C=O) groups is 1. The summed E-state index contributed by atoms with van der Waals surface area (Å²) in [6.45, 7) is 2.56. The molecule has 1 aromatic carbocycles. The SMILES string of the molecule is O=C(NCc1ccc(N2CCC(CO)CC2)cc1)c1ccnc(F)c1. The van der Waals surface area contributed by atoms with Gasteiger partial charge in [-0.3, -0.25) is 4.79 Å². The molecule has 1 amide bonds. The predicted molar refractivity (Wildman–Crippen MR) is 93.8 cm³/mol. The summed E-state index contributed by atoms with van der Waals surface area (Å²) in [5, 5.41) is 12.0. The molecule has 1 aromatic heterocycles. The van der Waals surface area contributed by atoms with Crippen LogP contribution in [0.4, 0.5) is 10.1 Å². The Morgan fingerprint density at radius 3 is 2.60 bits per heavy atom. The minimum atomic E-state index is -0.665. The molecule has 1 aliphatic heterocycles. The summed E-state index contributed by atoms with van der Waals surface area (Å²) in [5.74, 6) is -0.567. The van der Waals surface area contributed by atoms with E-state index in [9.17, 15) is 14.3 Å². The summed E-state index contributed by atoms with van der Waals surface area (Å²) >= 11 is 0. The van der Waals surface area contributed by atoms with E-state index < -0.39 is 5.95 Å². The zero-order valence-electron chi connectivity index (χ0n) is 14.0. The molecule has 0 radical (unpaired) electrons. The van der Waals surface area contributed by atoms with Crippen molar-refractivity contribution < 1.29 is 14.3 Å². The first kappa shape index (κ1) is 17.4. The highest BCUT2D eigenvalue weighted by Gasteiger charge is 2.18. The van der Waals surface area contributed by atoms with Crippen LogP contribution in [0.25, 0.3) is 0 Å². The van der Waals surface area contributed by atoms with Crippen LogP contribution in [0.1, 0.15) is 28.8 Å². The monoisotopic (exact) mass is 343 g/mol. The molecule has 1 saturated heterocycles. The molecule has 3 rings (SSSR count). The molecule has 6 heteroatoms. The molecule has 0 atom stereocenters. The van der Waals surface area contributed by atoms with Gasteiger partial charge in [0.1, 0.15) is 0 Å². The average molecular weight is 343 g/mol. The fourth-order valence-corrected chi connectivity index (χ4v) is 3.03. The largest absolute Gasteiger partial charge is 0.396 e. The van der Waals surface area contributed by atoms with Crippen molar-refractivity contribution in [3.05, 3.63) is 59.7 Å². The summed E-state index contributed by atoms with van der Waals surface area (Å²) in [5.41, 5.74) is 2.40.